The summed E-state index contributed by atoms with van der Waals surface area (Å²) in [5.41, 5.74) is 8.75. The molecule has 0 spiro atoms. The van der Waals surface area contributed by atoms with Gasteiger partial charge in [-0.2, -0.15) is 11.1 Å². The summed E-state index contributed by atoms with van der Waals surface area (Å²) in [6, 6.07) is 0. The van der Waals surface area contributed by atoms with E-state index in [0.29, 0.717) is 11.8 Å². The van der Waals surface area contributed by atoms with E-state index in [9.17, 15) is 0 Å². The van der Waals surface area contributed by atoms with Crippen molar-refractivity contribution in [3.8, 4) is 0 Å². The molecule has 0 radical (unpaired) electrons. The minimum absolute atomic E-state index is 0. The molecule has 0 saturated heterocycles. The monoisotopic (exact) mass is 463 g/mol. The zero-order valence-corrected chi connectivity index (χ0v) is 17.6. The predicted octanol–water partition coefficient (Wildman–Crippen LogP) is -1.38. The van der Waals surface area contributed by atoms with Gasteiger partial charge in [0, 0.05) is 25.8 Å². The van der Waals surface area contributed by atoms with Crippen molar-refractivity contribution in [1.29, 1.82) is 0 Å². The molecular formula is C16H21Cl2Hf-3. The van der Waals surface area contributed by atoms with Crippen LogP contribution in [-0.4, -0.2) is 0 Å². The first-order valence-corrected chi connectivity index (χ1v) is 6.14. The van der Waals surface area contributed by atoms with Gasteiger partial charge < -0.3 is 24.8 Å². The maximum absolute atomic E-state index is 3.53. The molecule has 19 heavy (non-hydrogen) atoms. The van der Waals surface area contributed by atoms with Crippen molar-refractivity contribution in [3.05, 3.63) is 45.6 Å². The number of allylic oxidation sites excluding steroid dienone is 8. The molecule has 0 aromatic rings. The Hall–Kier alpha value is 0.410. The van der Waals surface area contributed by atoms with Gasteiger partial charge in [-0.25, -0.2) is 5.57 Å². The first kappa shape index (κ1) is 21.7. The molecule has 0 aromatic heterocycles. The van der Waals surface area contributed by atoms with Crippen LogP contribution in [0.25, 0.3) is 0 Å². The molecule has 0 saturated carbocycles. The first-order chi connectivity index (χ1) is 7.43. The van der Waals surface area contributed by atoms with Crippen LogP contribution in [0, 0.1) is 17.9 Å². The van der Waals surface area contributed by atoms with Crippen LogP contribution >= 0.6 is 0 Å². The Bertz CT molecular complexity index is 467. The van der Waals surface area contributed by atoms with E-state index in [1.54, 1.807) is 0 Å². The molecule has 0 heterocycles. The quantitative estimate of drug-likeness (QED) is 0.333. The van der Waals surface area contributed by atoms with Crippen LogP contribution in [0.15, 0.2) is 39.5 Å². The number of rotatable bonds is 1. The van der Waals surface area contributed by atoms with Crippen molar-refractivity contribution < 1.29 is 50.7 Å². The van der Waals surface area contributed by atoms with Gasteiger partial charge in [0.15, 0.2) is 0 Å². The molecule has 0 bridgehead atoms. The van der Waals surface area contributed by atoms with Gasteiger partial charge in [0.2, 0.25) is 0 Å². The van der Waals surface area contributed by atoms with Gasteiger partial charge in [-0.1, -0.05) is 50.8 Å². The molecule has 2 unspecified atom stereocenters. The summed E-state index contributed by atoms with van der Waals surface area (Å²) < 4.78 is 0. The minimum atomic E-state index is 0. The van der Waals surface area contributed by atoms with E-state index in [1.165, 1.54) is 33.4 Å². The molecular weight excluding hydrogens is 442 g/mol. The van der Waals surface area contributed by atoms with Crippen LogP contribution in [0.5, 0.6) is 0 Å². The maximum Gasteiger partial charge on any atom is 0 e. The average molecular weight is 463 g/mol. The smallest absolute Gasteiger partial charge is 0 e. The Labute approximate surface area is 149 Å². The fraction of sp³-hybridized carbons (Fsp3) is 0.500. The third kappa shape index (κ3) is 3.74. The van der Waals surface area contributed by atoms with E-state index >= 15 is 0 Å². The van der Waals surface area contributed by atoms with Crippen LogP contribution in [0.2, 0.25) is 0 Å². The summed E-state index contributed by atoms with van der Waals surface area (Å²) in [7, 11) is 0. The average Bonchev–Trinajstić information content (AvgIpc) is 2.57. The van der Waals surface area contributed by atoms with E-state index < -0.39 is 0 Å². The zero-order valence-electron chi connectivity index (χ0n) is 12.5. The molecule has 2 atom stereocenters. The Balaban J connectivity index is 0. The SMILES string of the molecule is CC1=[C-]C(C)C(C)=C1C1=C(C)C(C)=CC1C.[Cl-].[Cl-].[Hf]. The van der Waals surface area contributed by atoms with Crippen molar-refractivity contribution >= 4 is 0 Å². The number of hydrogen-bond acceptors (Lipinski definition) is 0. The first-order valence-electron chi connectivity index (χ1n) is 6.14. The van der Waals surface area contributed by atoms with E-state index in [4.69, 9.17) is 0 Å². The summed E-state index contributed by atoms with van der Waals surface area (Å²) in [6.45, 7) is 13.5. The maximum atomic E-state index is 3.53. The van der Waals surface area contributed by atoms with Crippen molar-refractivity contribution in [2.45, 2.75) is 41.5 Å². The van der Waals surface area contributed by atoms with Crippen LogP contribution in [0.3, 0.4) is 0 Å². The molecule has 0 aromatic carbocycles. The second-order valence-electron chi connectivity index (χ2n) is 5.23. The normalized spacial score (nSPS) is 25.4. The summed E-state index contributed by atoms with van der Waals surface area (Å²) in [5.74, 6) is 1.05. The molecule has 0 fully saturated rings. The molecule has 0 N–H and O–H groups in total. The molecule has 2 aliphatic rings. The summed E-state index contributed by atoms with van der Waals surface area (Å²) >= 11 is 0. The second kappa shape index (κ2) is 8.00. The molecule has 0 nitrogen and oxygen atoms in total. The third-order valence-electron chi connectivity index (χ3n) is 4.07. The standard InChI is InChI=1S/C16H21.2ClH.Hf/c1-9-7-11(3)15(13(9)5)16-12(4)8-10(2)14(16)6;;;/h7,10-11H,1-6H3;2*1H;/q-1;;;/p-2. The van der Waals surface area contributed by atoms with E-state index in [1.807, 2.05) is 0 Å². The summed E-state index contributed by atoms with van der Waals surface area (Å²) in [6.07, 6.45) is 5.91. The van der Waals surface area contributed by atoms with Crippen LogP contribution < -0.4 is 24.8 Å². The van der Waals surface area contributed by atoms with Gasteiger partial charge in [0.25, 0.3) is 0 Å². The number of hydrogen-bond donors (Lipinski definition) is 0. The molecule has 2 rings (SSSR count). The summed E-state index contributed by atoms with van der Waals surface area (Å²) in [4.78, 5) is 0. The van der Waals surface area contributed by atoms with Crippen molar-refractivity contribution in [2.24, 2.45) is 11.8 Å². The van der Waals surface area contributed by atoms with Gasteiger partial charge in [-0.05, 0) is 19.8 Å². The predicted molar refractivity (Wildman–Crippen MR) is 69.9 cm³/mol. The van der Waals surface area contributed by atoms with Crippen LogP contribution in [0.1, 0.15) is 41.5 Å². The fourth-order valence-corrected chi connectivity index (χ4v) is 2.98. The van der Waals surface area contributed by atoms with Gasteiger partial charge in [0.05, 0.1) is 0 Å². The Morgan fingerprint density at radius 3 is 1.84 bits per heavy atom. The third-order valence-corrected chi connectivity index (χ3v) is 4.07. The van der Waals surface area contributed by atoms with Crippen LogP contribution in [-0.2, 0) is 25.8 Å². The summed E-state index contributed by atoms with van der Waals surface area (Å²) in [5, 5.41) is 0. The fourth-order valence-electron chi connectivity index (χ4n) is 2.98. The van der Waals surface area contributed by atoms with Crippen molar-refractivity contribution in [1.82, 2.24) is 0 Å². The van der Waals surface area contributed by atoms with Crippen LogP contribution in [0.4, 0.5) is 0 Å². The van der Waals surface area contributed by atoms with Crippen molar-refractivity contribution in [2.75, 3.05) is 0 Å². The Morgan fingerprint density at radius 2 is 1.53 bits per heavy atom. The molecule has 3 heteroatoms. The van der Waals surface area contributed by atoms with Crippen molar-refractivity contribution in [3.63, 3.8) is 0 Å². The molecule has 0 aliphatic heterocycles. The van der Waals surface area contributed by atoms with E-state index in [2.05, 4.69) is 53.7 Å². The van der Waals surface area contributed by atoms with Gasteiger partial charge in [-0.15, -0.1) is 5.57 Å². The number of halogens is 2. The van der Waals surface area contributed by atoms with Gasteiger partial charge in [0.1, 0.15) is 0 Å². The largest absolute Gasteiger partial charge is 1.00 e. The molecule has 106 valence electrons. The molecule has 0 amide bonds. The topological polar surface area (TPSA) is 0 Å². The second-order valence-corrected chi connectivity index (χ2v) is 5.23. The van der Waals surface area contributed by atoms with E-state index in [0.717, 1.165) is 0 Å². The molecule has 2 aliphatic carbocycles. The Morgan fingerprint density at radius 1 is 1.00 bits per heavy atom. The van der Waals surface area contributed by atoms with Gasteiger partial charge >= 0.3 is 0 Å². The van der Waals surface area contributed by atoms with E-state index in [-0.39, 0.29) is 50.7 Å². The minimum Gasteiger partial charge on any atom is -1.00 e. The zero-order chi connectivity index (χ0) is 12.0. The Kier molecular flexibility index (Phi) is 9.14. The van der Waals surface area contributed by atoms with Gasteiger partial charge in [-0.3, -0.25) is 6.08 Å².